The van der Waals surface area contributed by atoms with E-state index in [1.807, 2.05) is 6.92 Å². The first-order chi connectivity index (χ1) is 11.9. The summed E-state index contributed by atoms with van der Waals surface area (Å²) in [6, 6.07) is 6.67. The van der Waals surface area contributed by atoms with Crippen molar-refractivity contribution < 1.29 is 19.6 Å². The minimum atomic E-state index is -0.912. The second-order valence-electron chi connectivity index (χ2n) is 5.45. The lowest BCUT2D eigenvalue weighted by molar-refractivity contribution is -0.385. The average molecular weight is 346 g/mol. The van der Waals surface area contributed by atoms with Crippen LogP contribution in [0.4, 0.5) is 11.4 Å². The highest BCUT2D eigenvalue weighted by Gasteiger charge is 2.28. The third-order valence-electron chi connectivity index (χ3n) is 3.52. The van der Waals surface area contributed by atoms with Crippen LogP contribution in [-0.2, 0) is 17.6 Å². The Morgan fingerprint density at radius 1 is 1.36 bits per heavy atom. The van der Waals surface area contributed by atoms with Crippen LogP contribution >= 0.6 is 0 Å². The highest BCUT2D eigenvalue weighted by Crippen LogP contribution is 2.23. The van der Waals surface area contributed by atoms with E-state index in [9.17, 15) is 19.7 Å². The lowest BCUT2D eigenvalue weighted by Gasteiger charge is -2.06. The number of anilines is 1. The smallest absolute Gasteiger partial charge is 0.322 e. The molecular weight excluding hydrogens is 328 g/mol. The number of aromatic amines is 1. The molecule has 0 saturated heterocycles. The zero-order valence-corrected chi connectivity index (χ0v) is 13.6. The van der Waals surface area contributed by atoms with Gasteiger partial charge in [0.05, 0.1) is 4.92 Å². The Morgan fingerprint density at radius 3 is 2.76 bits per heavy atom. The molecule has 132 valence electrons. The van der Waals surface area contributed by atoms with Gasteiger partial charge >= 0.3 is 11.7 Å². The zero-order chi connectivity index (χ0) is 18.4. The van der Waals surface area contributed by atoms with Crippen molar-refractivity contribution in [2.45, 2.75) is 32.6 Å². The summed E-state index contributed by atoms with van der Waals surface area (Å²) in [6.07, 6.45) is 1.39. The number of amides is 1. The zero-order valence-electron chi connectivity index (χ0n) is 13.6. The van der Waals surface area contributed by atoms with Gasteiger partial charge in [0.25, 0.3) is 5.91 Å². The summed E-state index contributed by atoms with van der Waals surface area (Å²) in [7, 11) is 0. The van der Waals surface area contributed by atoms with Gasteiger partial charge in [0.1, 0.15) is 5.69 Å². The molecule has 1 amide bonds. The van der Waals surface area contributed by atoms with Gasteiger partial charge in [0, 0.05) is 12.1 Å². The van der Waals surface area contributed by atoms with Crippen LogP contribution in [0.3, 0.4) is 0 Å². The van der Waals surface area contributed by atoms with Crippen molar-refractivity contribution in [1.82, 2.24) is 10.2 Å². The number of hydrogen-bond acceptors (Lipinski definition) is 5. The predicted molar refractivity (Wildman–Crippen MR) is 89.6 cm³/mol. The van der Waals surface area contributed by atoms with E-state index >= 15 is 0 Å². The van der Waals surface area contributed by atoms with Crippen LogP contribution in [0.1, 0.15) is 41.5 Å². The molecule has 2 rings (SSSR count). The summed E-state index contributed by atoms with van der Waals surface area (Å²) in [5, 5.41) is 28.9. The molecule has 0 aliphatic heterocycles. The molecule has 0 atom stereocenters. The Labute approximate surface area is 143 Å². The topological polar surface area (TPSA) is 138 Å². The van der Waals surface area contributed by atoms with E-state index in [0.29, 0.717) is 30.6 Å². The monoisotopic (exact) mass is 346 g/mol. The fraction of sp³-hybridized carbons (Fsp3) is 0.312. The largest absolute Gasteiger partial charge is 0.481 e. The van der Waals surface area contributed by atoms with Gasteiger partial charge in [-0.1, -0.05) is 25.5 Å². The molecule has 2 aromatic rings. The number of carbonyl (C=O) groups excluding carboxylic acids is 1. The fourth-order valence-electron chi connectivity index (χ4n) is 2.40. The minimum absolute atomic E-state index is 0.0252. The van der Waals surface area contributed by atoms with Gasteiger partial charge in [-0.3, -0.25) is 24.8 Å². The number of rotatable bonds is 8. The minimum Gasteiger partial charge on any atom is -0.481 e. The summed E-state index contributed by atoms with van der Waals surface area (Å²) >= 11 is 0. The SMILES string of the molecule is CCCc1[nH]nc(C(=O)Nc2cccc(CCC(=O)O)c2)c1[N+](=O)[O-]. The van der Waals surface area contributed by atoms with Crippen molar-refractivity contribution in [2.24, 2.45) is 0 Å². The van der Waals surface area contributed by atoms with Crippen molar-refractivity contribution in [3.05, 3.63) is 51.3 Å². The van der Waals surface area contributed by atoms with Crippen molar-refractivity contribution in [2.75, 3.05) is 5.32 Å². The number of aryl methyl sites for hydroxylation is 2. The number of nitrogens with one attached hydrogen (secondary N) is 2. The number of H-pyrrole nitrogens is 1. The second kappa shape index (κ2) is 8.04. The molecule has 9 nitrogen and oxygen atoms in total. The molecule has 3 N–H and O–H groups in total. The lowest BCUT2D eigenvalue weighted by atomic mass is 10.1. The molecular formula is C16H18N4O5. The maximum Gasteiger partial charge on any atom is 0.322 e. The first kappa shape index (κ1) is 18.1. The Morgan fingerprint density at radius 2 is 2.12 bits per heavy atom. The van der Waals surface area contributed by atoms with Crippen molar-refractivity contribution in [3.8, 4) is 0 Å². The molecule has 0 spiro atoms. The quantitative estimate of drug-likeness (QED) is 0.496. The molecule has 0 bridgehead atoms. The molecule has 1 heterocycles. The maximum absolute atomic E-state index is 12.3. The van der Waals surface area contributed by atoms with Crippen molar-refractivity contribution >= 4 is 23.3 Å². The van der Waals surface area contributed by atoms with E-state index < -0.39 is 16.8 Å². The van der Waals surface area contributed by atoms with E-state index in [1.54, 1.807) is 24.3 Å². The van der Waals surface area contributed by atoms with E-state index in [0.717, 1.165) is 5.56 Å². The molecule has 1 aromatic heterocycles. The molecule has 0 aliphatic carbocycles. The Bertz CT molecular complexity index is 800. The highest BCUT2D eigenvalue weighted by atomic mass is 16.6. The van der Waals surface area contributed by atoms with E-state index in [4.69, 9.17) is 5.11 Å². The first-order valence-corrected chi connectivity index (χ1v) is 7.76. The molecule has 1 aromatic carbocycles. The summed E-state index contributed by atoms with van der Waals surface area (Å²) in [6.45, 7) is 1.87. The fourth-order valence-corrected chi connectivity index (χ4v) is 2.40. The molecule has 0 radical (unpaired) electrons. The average Bonchev–Trinajstić information content (AvgIpc) is 2.98. The normalized spacial score (nSPS) is 10.4. The van der Waals surface area contributed by atoms with E-state index in [-0.39, 0.29) is 17.8 Å². The number of carbonyl (C=O) groups is 2. The summed E-state index contributed by atoms with van der Waals surface area (Å²) < 4.78 is 0. The van der Waals surface area contributed by atoms with E-state index in [1.165, 1.54) is 0 Å². The van der Waals surface area contributed by atoms with E-state index in [2.05, 4.69) is 15.5 Å². The Balaban J connectivity index is 2.18. The second-order valence-corrected chi connectivity index (χ2v) is 5.45. The highest BCUT2D eigenvalue weighted by molar-refractivity contribution is 6.05. The Kier molecular flexibility index (Phi) is 5.83. The third-order valence-corrected chi connectivity index (χ3v) is 3.52. The van der Waals surface area contributed by atoms with Crippen LogP contribution in [-0.4, -0.2) is 32.1 Å². The van der Waals surface area contributed by atoms with Gasteiger partial charge in [0.2, 0.25) is 5.69 Å². The van der Waals surface area contributed by atoms with Gasteiger partial charge in [-0.25, -0.2) is 0 Å². The number of carboxylic acids is 1. The number of nitro groups is 1. The molecule has 0 saturated carbocycles. The molecule has 9 heteroatoms. The van der Waals surface area contributed by atoms with Gasteiger partial charge in [-0.15, -0.1) is 0 Å². The molecule has 0 unspecified atom stereocenters. The summed E-state index contributed by atoms with van der Waals surface area (Å²) in [4.78, 5) is 33.6. The number of aliphatic carboxylic acids is 1. The van der Waals surface area contributed by atoms with Crippen molar-refractivity contribution in [3.63, 3.8) is 0 Å². The summed E-state index contributed by atoms with van der Waals surface area (Å²) in [5.74, 6) is -1.61. The van der Waals surface area contributed by atoms with Crippen LogP contribution in [0.2, 0.25) is 0 Å². The van der Waals surface area contributed by atoms with Gasteiger partial charge in [-0.05, 0) is 30.5 Å². The van der Waals surface area contributed by atoms with Crippen LogP contribution in [0.25, 0.3) is 0 Å². The van der Waals surface area contributed by atoms with Gasteiger partial charge < -0.3 is 10.4 Å². The molecule has 0 fully saturated rings. The van der Waals surface area contributed by atoms with Crippen LogP contribution < -0.4 is 5.32 Å². The molecule has 0 aliphatic rings. The van der Waals surface area contributed by atoms with Crippen LogP contribution in [0, 0.1) is 10.1 Å². The molecule has 25 heavy (non-hydrogen) atoms. The van der Waals surface area contributed by atoms with Crippen molar-refractivity contribution in [1.29, 1.82) is 0 Å². The van der Waals surface area contributed by atoms with Crippen LogP contribution in [0.15, 0.2) is 24.3 Å². The van der Waals surface area contributed by atoms with Crippen LogP contribution in [0.5, 0.6) is 0 Å². The van der Waals surface area contributed by atoms with Gasteiger partial charge in [-0.2, -0.15) is 5.10 Å². The summed E-state index contributed by atoms with van der Waals surface area (Å²) in [5.41, 5.74) is 0.879. The Hall–Kier alpha value is -3.23. The maximum atomic E-state index is 12.3. The number of aromatic nitrogens is 2. The first-order valence-electron chi connectivity index (χ1n) is 7.76. The number of hydrogen-bond donors (Lipinski definition) is 3. The predicted octanol–water partition coefficient (Wildman–Crippen LogP) is 2.54. The van der Waals surface area contributed by atoms with Gasteiger partial charge in [0.15, 0.2) is 0 Å². The number of nitrogens with zero attached hydrogens (tertiary/aromatic N) is 2. The third kappa shape index (κ3) is 4.63. The number of benzene rings is 1. The number of carboxylic acid groups (broad SMARTS) is 1. The standard InChI is InChI=1S/C16H18N4O5/c1-2-4-12-15(20(24)25)14(19-18-12)16(23)17-11-6-3-5-10(9-11)7-8-13(21)22/h3,5-6,9H,2,4,7-8H2,1H3,(H,17,23)(H,18,19)(H,21,22). The lowest BCUT2D eigenvalue weighted by Crippen LogP contribution is -2.14.